The molecular formula is C18H16N2O4. The lowest BCUT2D eigenvalue weighted by molar-refractivity contribution is -0.128. The summed E-state index contributed by atoms with van der Waals surface area (Å²) in [5.41, 5.74) is 1.79. The maximum absolute atomic E-state index is 12.5. The molecule has 1 aliphatic rings. The molecule has 2 aromatic rings. The van der Waals surface area contributed by atoms with Crippen LogP contribution in [0.5, 0.6) is 0 Å². The van der Waals surface area contributed by atoms with Gasteiger partial charge in [0.2, 0.25) is 0 Å². The Morgan fingerprint density at radius 1 is 1.12 bits per heavy atom. The molecular weight excluding hydrogens is 308 g/mol. The van der Waals surface area contributed by atoms with Gasteiger partial charge in [0.25, 0.3) is 5.91 Å². The lowest BCUT2D eigenvalue weighted by Gasteiger charge is -2.13. The normalized spacial score (nSPS) is 16.9. The summed E-state index contributed by atoms with van der Waals surface area (Å²) in [5.74, 6) is -0.772. The minimum atomic E-state index is -0.678. The Morgan fingerprint density at radius 3 is 2.58 bits per heavy atom. The number of amides is 3. The number of imide groups is 1. The van der Waals surface area contributed by atoms with Crippen LogP contribution in [0.25, 0.3) is 0 Å². The van der Waals surface area contributed by atoms with E-state index in [2.05, 4.69) is 10.1 Å². The van der Waals surface area contributed by atoms with Crippen molar-refractivity contribution >= 4 is 17.9 Å². The lowest BCUT2D eigenvalue weighted by atomic mass is 10.1. The van der Waals surface area contributed by atoms with E-state index < -0.39 is 18.0 Å². The van der Waals surface area contributed by atoms with E-state index >= 15 is 0 Å². The fourth-order valence-corrected chi connectivity index (χ4v) is 2.64. The molecule has 0 radical (unpaired) electrons. The molecule has 2 aromatic carbocycles. The van der Waals surface area contributed by atoms with Crippen molar-refractivity contribution in [2.45, 2.75) is 12.6 Å². The van der Waals surface area contributed by atoms with E-state index in [0.29, 0.717) is 11.1 Å². The van der Waals surface area contributed by atoms with Crippen LogP contribution in [0.2, 0.25) is 0 Å². The highest BCUT2D eigenvalue weighted by atomic mass is 16.5. The van der Waals surface area contributed by atoms with E-state index in [9.17, 15) is 14.4 Å². The minimum Gasteiger partial charge on any atom is -0.465 e. The first-order valence-corrected chi connectivity index (χ1v) is 7.44. The fourth-order valence-electron chi connectivity index (χ4n) is 2.64. The van der Waals surface area contributed by atoms with Crippen molar-refractivity contribution in [2.24, 2.45) is 0 Å². The van der Waals surface area contributed by atoms with E-state index in [0.717, 1.165) is 10.5 Å². The Bertz CT molecular complexity index is 789. The molecule has 0 saturated carbocycles. The summed E-state index contributed by atoms with van der Waals surface area (Å²) in [6.45, 7) is 0.0961. The van der Waals surface area contributed by atoms with Crippen LogP contribution in [0.15, 0.2) is 54.6 Å². The van der Waals surface area contributed by atoms with E-state index in [4.69, 9.17) is 0 Å². The van der Waals surface area contributed by atoms with E-state index in [1.54, 1.807) is 36.4 Å². The molecule has 1 heterocycles. The molecule has 1 atom stereocenters. The zero-order chi connectivity index (χ0) is 17.1. The predicted molar refractivity (Wildman–Crippen MR) is 86.0 cm³/mol. The van der Waals surface area contributed by atoms with Gasteiger partial charge in [-0.1, -0.05) is 42.5 Å². The summed E-state index contributed by atoms with van der Waals surface area (Å²) < 4.78 is 4.68. The van der Waals surface area contributed by atoms with Crippen LogP contribution in [0.4, 0.5) is 4.79 Å². The number of hydrogen-bond acceptors (Lipinski definition) is 4. The molecule has 0 aromatic heterocycles. The molecule has 0 bridgehead atoms. The molecule has 3 amide bonds. The van der Waals surface area contributed by atoms with Crippen LogP contribution in [0.3, 0.4) is 0 Å². The second-order valence-corrected chi connectivity index (χ2v) is 5.41. The third-order valence-electron chi connectivity index (χ3n) is 3.85. The van der Waals surface area contributed by atoms with Gasteiger partial charge in [-0.15, -0.1) is 0 Å². The second kappa shape index (κ2) is 6.54. The standard InChI is InChI=1S/C18H16N2O4/c1-24-17(22)14-9-5-6-12(10-14)11-20-16(21)15(19-18(20)23)13-7-3-2-4-8-13/h2-10,15H,11H2,1H3,(H,19,23). The van der Waals surface area contributed by atoms with Crippen LogP contribution >= 0.6 is 0 Å². The first-order valence-electron chi connectivity index (χ1n) is 7.44. The average molecular weight is 324 g/mol. The summed E-state index contributed by atoms with van der Waals surface area (Å²) in [4.78, 5) is 37.4. The van der Waals surface area contributed by atoms with Crippen LogP contribution in [-0.4, -0.2) is 29.9 Å². The van der Waals surface area contributed by atoms with Crippen LogP contribution in [0.1, 0.15) is 27.5 Å². The summed E-state index contributed by atoms with van der Waals surface area (Å²) in [5, 5.41) is 2.68. The van der Waals surface area contributed by atoms with Crippen molar-refractivity contribution < 1.29 is 19.1 Å². The first kappa shape index (κ1) is 15.7. The van der Waals surface area contributed by atoms with E-state index in [1.165, 1.54) is 7.11 Å². The average Bonchev–Trinajstić information content (AvgIpc) is 2.90. The van der Waals surface area contributed by atoms with Crippen molar-refractivity contribution in [1.29, 1.82) is 0 Å². The van der Waals surface area contributed by atoms with Gasteiger partial charge >= 0.3 is 12.0 Å². The molecule has 24 heavy (non-hydrogen) atoms. The third-order valence-corrected chi connectivity index (χ3v) is 3.85. The predicted octanol–water partition coefficient (Wildman–Crippen LogP) is 2.27. The SMILES string of the molecule is COC(=O)c1cccc(CN2C(=O)NC(c3ccccc3)C2=O)c1. The maximum Gasteiger partial charge on any atom is 0.337 e. The van der Waals surface area contributed by atoms with Gasteiger partial charge < -0.3 is 10.1 Å². The Kier molecular flexibility index (Phi) is 4.29. The minimum absolute atomic E-state index is 0.0961. The molecule has 1 fully saturated rings. The molecule has 1 N–H and O–H groups in total. The highest BCUT2D eigenvalue weighted by Crippen LogP contribution is 2.23. The van der Waals surface area contributed by atoms with Gasteiger partial charge in [0, 0.05) is 0 Å². The number of carbonyl (C=O) groups excluding carboxylic acids is 3. The Morgan fingerprint density at radius 2 is 1.88 bits per heavy atom. The summed E-state index contributed by atoms with van der Waals surface area (Å²) in [7, 11) is 1.30. The highest BCUT2D eigenvalue weighted by Gasteiger charge is 2.38. The number of ether oxygens (including phenoxy) is 1. The molecule has 122 valence electrons. The molecule has 6 nitrogen and oxygen atoms in total. The van der Waals surface area contributed by atoms with Gasteiger partial charge in [0.1, 0.15) is 6.04 Å². The van der Waals surface area contributed by atoms with Crippen molar-refractivity contribution in [3.05, 3.63) is 71.3 Å². The Labute approximate surface area is 139 Å². The number of nitrogens with one attached hydrogen (secondary N) is 1. The third kappa shape index (κ3) is 2.99. The van der Waals surface area contributed by atoms with E-state index in [-0.39, 0.29) is 12.5 Å². The number of esters is 1. The molecule has 1 unspecified atom stereocenters. The van der Waals surface area contributed by atoms with Crippen molar-refractivity contribution in [3.63, 3.8) is 0 Å². The van der Waals surface area contributed by atoms with Gasteiger partial charge in [-0.3, -0.25) is 9.69 Å². The molecule has 0 spiro atoms. The van der Waals surface area contributed by atoms with Gasteiger partial charge in [-0.2, -0.15) is 0 Å². The molecule has 1 aliphatic heterocycles. The molecule has 3 rings (SSSR count). The van der Waals surface area contributed by atoms with E-state index in [1.807, 2.05) is 18.2 Å². The van der Waals surface area contributed by atoms with Crippen LogP contribution in [0, 0.1) is 0 Å². The second-order valence-electron chi connectivity index (χ2n) is 5.41. The summed E-state index contributed by atoms with van der Waals surface area (Å²) in [6, 6.07) is 14.6. The van der Waals surface area contributed by atoms with Crippen LogP contribution < -0.4 is 5.32 Å². The zero-order valence-electron chi connectivity index (χ0n) is 13.1. The Balaban J connectivity index is 1.80. The number of hydrogen-bond donors (Lipinski definition) is 1. The fraction of sp³-hybridized carbons (Fsp3) is 0.167. The van der Waals surface area contributed by atoms with Crippen LogP contribution in [-0.2, 0) is 16.1 Å². The number of carbonyl (C=O) groups is 3. The largest absolute Gasteiger partial charge is 0.465 e. The zero-order valence-corrected chi connectivity index (χ0v) is 13.1. The number of urea groups is 1. The quantitative estimate of drug-likeness (QED) is 0.691. The van der Waals surface area contributed by atoms with Crippen molar-refractivity contribution in [2.75, 3.05) is 7.11 Å². The first-order chi connectivity index (χ1) is 11.6. The lowest BCUT2D eigenvalue weighted by Crippen LogP contribution is -2.30. The molecule has 0 aliphatic carbocycles. The number of nitrogens with zero attached hydrogens (tertiary/aromatic N) is 1. The maximum atomic E-state index is 12.5. The topological polar surface area (TPSA) is 75.7 Å². The Hall–Kier alpha value is -3.15. The summed E-state index contributed by atoms with van der Waals surface area (Å²) in [6.07, 6.45) is 0. The van der Waals surface area contributed by atoms with Gasteiger partial charge in [0.15, 0.2) is 0 Å². The number of benzene rings is 2. The summed E-state index contributed by atoms with van der Waals surface area (Å²) >= 11 is 0. The molecule has 1 saturated heterocycles. The van der Waals surface area contributed by atoms with Crippen molar-refractivity contribution in [1.82, 2.24) is 10.2 Å². The number of methoxy groups -OCH3 is 1. The van der Waals surface area contributed by atoms with Gasteiger partial charge in [0.05, 0.1) is 19.2 Å². The highest BCUT2D eigenvalue weighted by molar-refractivity contribution is 6.04. The van der Waals surface area contributed by atoms with Gasteiger partial charge in [-0.25, -0.2) is 9.59 Å². The van der Waals surface area contributed by atoms with Gasteiger partial charge in [-0.05, 0) is 23.3 Å². The molecule has 6 heteroatoms. The number of rotatable bonds is 4. The monoisotopic (exact) mass is 324 g/mol. The van der Waals surface area contributed by atoms with Crippen molar-refractivity contribution in [3.8, 4) is 0 Å². The smallest absolute Gasteiger partial charge is 0.337 e.